The summed E-state index contributed by atoms with van der Waals surface area (Å²) in [6.07, 6.45) is 0.679. The molecule has 2 heterocycles. The van der Waals surface area contributed by atoms with Crippen molar-refractivity contribution < 1.29 is 18.4 Å². The highest BCUT2D eigenvalue weighted by Gasteiger charge is 2.37. The van der Waals surface area contributed by atoms with E-state index in [4.69, 9.17) is 4.42 Å². The van der Waals surface area contributed by atoms with E-state index in [-0.39, 0.29) is 6.54 Å². The monoisotopic (exact) mass is 477 g/mol. The first-order valence-electron chi connectivity index (χ1n) is 11.4. The number of hydrogen-bond donors (Lipinski definition) is 1. The predicted octanol–water partition coefficient (Wildman–Crippen LogP) is 4.55. The molecular weight excluding hydrogens is 449 g/mol. The summed E-state index contributed by atoms with van der Waals surface area (Å²) in [6.45, 7) is 7.35. The first kappa shape index (κ1) is 24.1. The van der Waals surface area contributed by atoms with Crippen LogP contribution in [-0.4, -0.2) is 32.3 Å². The van der Waals surface area contributed by atoms with E-state index < -0.39 is 29.2 Å². The lowest BCUT2D eigenvalue weighted by molar-refractivity contribution is -0.128. The van der Waals surface area contributed by atoms with E-state index in [1.165, 1.54) is 33.8 Å². The zero-order chi connectivity index (χ0) is 25.2. The second kappa shape index (κ2) is 9.69. The lowest BCUT2D eigenvalue weighted by Gasteiger charge is -2.33. The summed E-state index contributed by atoms with van der Waals surface area (Å²) in [5.41, 5.74) is 1.16. The molecule has 2 amide bonds. The average molecular weight is 478 g/mol. The molecule has 0 saturated carbocycles. The molecule has 4 aromatic rings. The Morgan fingerprint density at radius 2 is 1.83 bits per heavy atom. The zero-order valence-electron chi connectivity index (χ0n) is 20.2. The summed E-state index contributed by atoms with van der Waals surface area (Å²) in [4.78, 5) is 28.8. The van der Waals surface area contributed by atoms with Gasteiger partial charge in [0.1, 0.15) is 29.4 Å². The normalized spacial score (nSPS) is 12.5. The van der Waals surface area contributed by atoms with Gasteiger partial charge in [-0.2, -0.15) is 0 Å². The fraction of sp³-hybridized carbons (Fsp3) is 0.308. The van der Waals surface area contributed by atoms with Gasteiger partial charge in [0.25, 0.3) is 5.91 Å². The summed E-state index contributed by atoms with van der Waals surface area (Å²) in [7, 11) is 0. The van der Waals surface area contributed by atoms with Crippen molar-refractivity contribution in [1.82, 2.24) is 20.3 Å². The number of nitrogens with one attached hydrogen (secondary N) is 1. The lowest BCUT2D eigenvalue weighted by atomic mass is 10.0. The third kappa shape index (κ3) is 5.24. The van der Waals surface area contributed by atoms with E-state index in [1.807, 2.05) is 39.0 Å². The Morgan fingerprint density at radius 3 is 2.49 bits per heavy atom. The summed E-state index contributed by atoms with van der Waals surface area (Å²) >= 11 is 0. The molecule has 1 N–H and O–H groups in total. The molecule has 1 atom stereocenters. The molecule has 0 aliphatic rings. The van der Waals surface area contributed by atoms with Crippen molar-refractivity contribution >= 4 is 28.5 Å². The molecule has 4 rings (SSSR count). The maximum absolute atomic E-state index is 13.8. The standard InChI is InChI=1S/C26H28FN5O3/c1-5-26(3,4)28-25(34)24(22-15-10-17(2)35-22)32(19-13-11-18(27)12-14-19)23(33)16-31-21-9-7-6-8-20(21)29-30-31/h6-15,24H,5,16H2,1-4H3,(H,28,34). The van der Waals surface area contributed by atoms with Crippen molar-refractivity contribution in [3.8, 4) is 0 Å². The van der Waals surface area contributed by atoms with Gasteiger partial charge in [-0.25, -0.2) is 9.07 Å². The van der Waals surface area contributed by atoms with Crippen molar-refractivity contribution in [2.24, 2.45) is 0 Å². The quantitative estimate of drug-likeness (QED) is 0.402. The lowest BCUT2D eigenvalue weighted by Crippen LogP contribution is -2.51. The number of aromatic nitrogens is 3. The van der Waals surface area contributed by atoms with Crippen LogP contribution >= 0.6 is 0 Å². The van der Waals surface area contributed by atoms with Crippen LogP contribution < -0.4 is 10.2 Å². The second-order valence-corrected chi connectivity index (χ2v) is 9.05. The fourth-order valence-corrected chi connectivity index (χ4v) is 3.74. The number of benzene rings is 2. The van der Waals surface area contributed by atoms with Crippen LogP contribution in [0.15, 0.2) is 65.1 Å². The number of carbonyl (C=O) groups is 2. The smallest absolute Gasteiger partial charge is 0.251 e. The van der Waals surface area contributed by atoms with E-state index in [2.05, 4.69) is 15.6 Å². The zero-order valence-corrected chi connectivity index (χ0v) is 20.2. The Hall–Kier alpha value is -4.01. The summed E-state index contributed by atoms with van der Waals surface area (Å²) < 4.78 is 21.1. The Labute approximate surface area is 202 Å². The van der Waals surface area contributed by atoms with Crippen molar-refractivity contribution in [2.45, 2.75) is 52.2 Å². The number of anilines is 1. The molecule has 35 heavy (non-hydrogen) atoms. The van der Waals surface area contributed by atoms with E-state index in [0.717, 1.165) is 0 Å². The Kier molecular flexibility index (Phi) is 6.68. The number of hydrogen-bond acceptors (Lipinski definition) is 5. The van der Waals surface area contributed by atoms with Crippen molar-refractivity contribution in [3.63, 3.8) is 0 Å². The molecule has 0 spiro atoms. The van der Waals surface area contributed by atoms with Crippen LogP contribution in [0.5, 0.6) is 0 Å². The predicted molar refractivity (Wildman–Crippen MR) is 130 cm³/mol. The molecule has 8 nitrogen and oxygen atoms in total. The number of para-hydroxylation sites is 1. The van der Waals surface area contributed by atoms with E-state index >= 15 is 0 Å². The molecule has 1 unspecified atom stereocenters. The number of furan rings is 1. The van der Waals surface area contributed by atoms with Crippen LogP contribution in [0, 0.1) is 12.7 Å². The van der Waals surface area contributed by atoms with Gasteiger partial charge >= 0.3 is 0 Å². The first-order valence-corrected chi connectivity index (χ1v) is 11.4. The van der Waals surface area contributed by atoms with Gasteiger partial charge in [0.05, 0.1) is 5.52 Å². The van der Waals surface area contributed by atoms with E-state index in [0.29, 0.717) is 34.7 Å². The molecule has 0 aliphatic heterocycles. The Morgan fingerprint density at radius 1 is 1.11 bits per heavy atom. The Bertz CT molecular complexity index is 1340. The number of aryl methyl sites for hydroxylation is 1. The Balaban J connectivity index is 1.79. The van der Waals surface area contributed by atoms with Gasteiger partial charge in [-0.1, -0.05) is 24.3 Å². The molecule has 0 aliphatic carbocycles. The van der Waals surface area contributed by atoms with Crippen LogP contribution in [0.2, 0.25) is 0 Å². The SMILES string of the molecule is CCC(C)(C)NC(=O)C(c1ccc(C)o1)N(C(=O)Cn1nnc2ccccc21)c1ccc(F)cc1. The molecule has 0 saturated heterocycles. The largest absolute Gasteiger partial charge is 0.464 e. The van der Waals surface area contributed by atoms with E-state index in [1.54, 1.807) is 25.1 Å². The second-order valence-electron chi connectivity index (χ2n) is 9.05. The van der Waals surface area contributed by atoms with Gasteiger partial charge < -0.3 is 9.73 Å². The highest BCUT2D eigenvalue weighted by molar-refractivity contribution is 6.01. The molecular formula is C26H28FN5O3. The summed E-state index contributed by atoms with van der Waals surface area (Å²) in [5.74, 6) is -0.400. The summed E-state index contributed by atoms with van der Waals surface area (Å²) in [6, 6.07) is 15.0. The number of halogens is 1. The van der Waals surface area contributed by atoms with Gasteiger partial charge in [0, 0.05) is 11.2 Å². The first-order chi connectivity index (χ1) is 16.7. The third-order valence-corrected chi connectivity index (χ3v) is 5.96. The van der Waals surface area contributed by atoms with Crippen molar-refractivity contribution in [3.05, 3.63) is 78.0 Å². The molecule has 2 aromatic carbocycles. The van der Waals surface area contributed by atoms with Gasteiger partial charge in [-0.3, -0.25) is 14.5 Å². The van der Waals surface area contributed by atoms with E-state index in [9.17, 15) is 14.0 Å². The number of carbonyl (C=O) groups excluding carboxylic acids is 2. The summed E-state index contributed by atoms with van der Waals surface area (Å²) in [5, 5.41) is 11.2. The minimum absolute atomic E-state index is 0.182. The minimum atomic E-state index is -1.12. The number of fused-ring (bicyclic) bond motifs is 1. The van der Waals surface area contributed by atoms with Gasteiger partial charge in [-0.05, 0) is 75.7 Å². The van der Waals surface area contributed by atoms with Crippen molar-refractivity contribution in [1.29, 1.82) is 0 Å². The molecule has 182 valence electrons. The van der Waals surface area contributed by atoms with Crippen LogP contribution in [0.4, 0.5) is 10.1 Å². The molecule has 9 heteroatoms. The van der Waals surface area contributed by atoms with Gasteiger partial charge in [0.2, 0.25) is 5.91 Å². The van der Waals surface area contributed by atoms with Crippen LogP contribution in [-0.2, 0) is 16.1 Å². The molecule has 0 radical (unpaired) electrons. The fourth-order valence-electron chi connectivity index (χ4n) is 3.74. The molecule has 0 bridgehead atoms. The van der Waals surface area contributed by atoms with Gasteiger partial charge in [-0.15, -0.1) is 5.10 Å². The number of nitrogens with zero attached hydrogens (tertiary/aromatic N) is 4. The highest BCUT2D eigenvalue weighted by Crippen LogP contribution is 2.31. The number of amides is 2. The minimum Gasteiger partial charge on any atom is -0.464 e. The topological polar surface area (TPSA) is 93.3 Å². The van der Waals surface area contributed by atoms with Crippen LogP contribution in [0.3, 0.4) is 0 Å². The average Bonchev–Trinajstić information content (AvgIpc) is 3.44. The van der Waals surface area contributed by atoms with Crippen molar-refractivity contribution in [2.75, 3.05) is 4.90 Å². The van der Waals surface area contributed by atoms with Gasteiger partial charge in [0.15, 0.2) is 6.04 Å². The highest BCUT2D eigenvalue weighted by atomic mass is 19.1. The molecule has 2 aromatic heterocycles. The molecule has 0 fully saturated rings. The maximum Gasteiger partial charge on any atom is 0.251 e. The van der Waals surface area contributed by atoms with Crippen LogP contribution in [0.25, 0.3) is 11.0 Å². The maximum atomic E-state index is 13.8. The number of rotatable bonds is 8. The third-order valence-electron chi connectivity index (χ3n) is 5.96. The van der Waals surface area contributed by atoms with Crippen LogP contribution in [0.1, 0.15) is 44.8 Å².